The Hall–Kier alpha value is -2.64. The second-order valence-electron chi connectivity index (χ2n) is 4.24. The Morgan fingerprint density at radius 2 is 0.625 bits per heavy atom. The van der Waals surface area contributed by atoms with Crippen molar-refractivity contribution in [1.82, 2.24) is 0 Å². The first kappa shape index (κ1) is 19.4. The molecule has 0 spiro atoms. The Balaban J connectivity index is 0.000000240. The van der Waals surface area contributed by atoms with Crippen molar-refractivity contribution < 1.29 is 36.5 Å². The van der Waals surface area contributed by atoms with Crippen LogP contribution >= 0.6 is 0 Å². The number of rotatable bonds is 4. The molecular weight excluding hydrogens is 332 g/mol. The third kappa shape index (κ3) is 4.68. The lowest BCUT2D eigenvalue weighted by molar-refractivity contribution is 0.359. The summed E-state index contributed by atoms with van der Waals surface area (Å²) in [5, 5.41) is 0. The van der Waals surface area contributed by atoms with Gasteiger partial charge in [0, 0.05) is 24.3 Å². The van der Waals surface area contributed by atoms with Crippen molar-refractivity contribution in [1.29, 1.82) is 0 Å². The molecular formula is C16H16F4O4. The summed E-state index contributed by atoms with van der Waals surface area (Å²) in [6.45, 7) is 0. The van der Waals surface area contributed by atoms with Crippen molar-refractivity contribution in [3.8, 4) is 23.0 Å². The summed E-state index contributed by atoms with van der Waals surface area (Å²) in [6, 6.07) is 3.75. The summed E-state index contributed by atoms with van der Waals surface area (Å²) < 4.78 is 69.6. The second kappa shape index (κ2) is 8.85. The average molecular weight is 348 g/mol. The molecule has 132 valence electrons. The van der Waals surface area contributed by atoms with Gasteiger partial charge in [-0.25, -0.2) is 17.6 Å². The third-order valence-corrected chi connectivity index (χ3v) is 2.85. The Labute approximate surface area is 136 Å². The van der Waals surface area contributed by atoms with Crippen LogP contribution in [0.4, 0.5) is 17.6 Å². The molecule has 2 rings (SSSR count). The number of benzene rings is 2. The van der Waals surface area contributed by atoms with Gasteiger partial charge in [0.15, 0.2) is 46.3 Å². The number of halogens is 4. The minimum atomic E-state index is -0.643. The maximum absolute atomic E-state index is 12.8. The highest BCUT2D eigenvalue weighted by Gasteiger charge is 2.10. The van der Waals surface area contributed by atoms with Gasteiger partial charge in [0.1, 0.15) is 0 Å². The van der Waals surface area contributed by atoms with Crippen LogP contribution in [-0.2, 0) is 0 Å². The zero-order chi connectivity index (χ0) is 18.3. The molecule has 0 aromatic heterocycles. The molecule has 2 aromatic rings. The highest BCUT2D eigenvalue weighted by atomic mass is 19.1. The topological polar surface area (TPSA) is 36.9 Å². The maximum Gasteiger partial charge on any atom is 0.168 e. The zero-order valence-electron chi connectivity index (χ0n) is 13.5. The summed E-state index contributed by atoms with van der Waals surface area (Å²) in [5.41, 5.74) is 0. The van der Waals surface area contributed by atoms with Gasteiger partial charge in [-0.2, -0.15) is 0 Å². The Kier molecular flexibility index (Phi) is 7.16. The molecule has 24 heavy (non-hydrogen) atoms. The molecule has 0 atom stereocenters. The van der Waals surface area contributed by atoms with E-state index in [1.54, 1.807) is 0 Å². The van der Waals surface area contributed by atoms with E-state index < -0.39 is 23.3 Å². The smallest absolute Gasteiger partial charge is 0.168 e. The van der Waals surface area contributed by atoms with Crippen LogP contribution in [0, 0.1) is 23.3 Å². The predicted octanol–water partition coefficient (Wildman–Crippen LogP) is 3.96. The Morgan fingerprint density at radius 1 is 0.458 bits per heavy atom. The van der Waals surface area contributed by atoms with Crippen LogP contribution in [-0.4, -0.2) is 28.4 Å². The largest absolute Gasteiger partial charge is 0.494 e. The van der Waals surface area contributed by atoms with Gasteiger partial charge in [0.25, 0.3) is 0 Å². The number of hydrogen-bond acceptors (Lipinski definition) is 4. The lowest BCUT2D eigenvalue weighted by atomic mass is 10.3. The average Bonchev–Trinajstić information content (AvgIpc) is 2.58. The van der Waals surface area contributed by atoms with E-state index in [1.807, 2.05) is 0 Å². The summed E-state index contributed by atoms with van der Waals surface area (Å²) >= 11 is 0. The van der Waals surface area contributed by atoms with E-state index in [-0.39, 0.29) is 23.0 Å². The lowest BCUT2D eigenvalue weighted by Crippen LogP contribution is -1.93. The molecule has 0 saturated carbocycles. The van der Waals surface area contributed by atoms with Gasteiger partial charge in [-0.05, 0) is 0 Å². The van der Waals surface area contributed by atoms with Gasteiger partial charge in [0.05, 0.1) is 28.4 Å². The second-order valence-corrected chi connectivity index (χ2v) is 4.24. The van der Waals surface area contributed by atoms with Crippen molar-refractivity contribution in [3.05, 3.63) is 47.5 Å². The van der Waals surface area contributed by atoms with Crippen LogP contribution in [0.25, 0.3) is 0 Å². The quantitative estimate of drug-likeness (QED) is 0.784. The van der Waals surface area contributed by atoms with E-state index in [0.717, 1.165) is 24.3 Å². The lowest BCUT2D eigenvalue weighted by Gasteiger charge is -2.05. The molecule has 0 amide bonds. The van der Waals surface area contributed by atoms with Crippen molar-refractivity contribution >= 4 is 0 Å². The standard InChI is InChI=1S/2C8H8F2O2/c2*1-11-7-3-6(10)8(12-2)4-5(7)9/h2*3-4H,1-2H3. The molecule has 0 radical (unpaired) electrons. The van der Waals surface area contributed by atoms with Gasteiger partial charge in [-0.1, -0.05) is 0 Å². The fourth-order valence-corrected chi connectivity index (χ4v) is 1.65. The molecule has 0 N–H and O–H groups in total. The first-order chi connectivity index (χ1) is 11.4. The summed E-state index contributed by atoms with van der Waals surface area (Å²) in [6.07, 6.45) is 0. The highest BCUT2D eigenvalue weighted by molar-refractivity contribution is 5.35. The van der Waals surface area contributed by atoms with Crippen LogP contribution in [0.1, 0.15) is 0 Å². The first-order valence-electron chi connectivity index (χ1n) is 6.51. The van der Waals surface area contributed by atoms with Gasteiger partial charge < -0.3 is 18.9 Å². The molecule has 0 aliphatic carbocycles. The number of hydrogen-bond donors (Lipinski definition) is 0. The predicted molar refractivity (Wildman–Crippen MR) is 78.9 cm³/mol. The Bertz CT molecular complexity index is 573. The van der Waals surface area contributed by atoms with Crippen LogP contribution in [0.5, 0.6) is 23.0 Å². The molecule has 0 fully saturated rings. The third-order valence-electron chi connectivity index (χ3n) is 2.85. The van der Waals surface area contributed by atoms with E-state index >= 15 is 0 Å². The molecule has 4 nitrogen and oxygen atoms in total. The number of ether oxygens (including phenoxy) is 4. The monoisotopic (exact) mass is 348 g/mol. The first-order valence-corrected chi connectivity index (χ1v) is 6.51. The fourth-order valence-electron chi connectivity index (χ4n) is 1.65. The van der Waals surface area contributed by atoms with Gasteiger partial charge in [-0.15, -0.1) is 0 Å². The molecule has 0 bridgehead atoms. The molecule has 0 saturated heterocycles. The molecule has 0 aliphatic rings. The van der Waals surface area contributed by atoms with Crippen LogP contribution in [0.2, 0.25) is 0 Å². The van der Waals surface area contributed by atoms with Crippen LogP contribution in [0.15, 0.2) is 24.3 Å². The van der Waals surface area contributed by atoms with Crippen molar-refractivity contribution in [2.24, 2.45) is 0 Å². The SMILES string of the molecule is COc1cc(F)c(OC)cc1F.COc1cc(F)c(OC)cc1F. The van der Waals surface area contributed by atoms with E-state index in [0.29, 0.717) is 0 Å². The van der Waals surface area contributed by atoms with Crippen molar-refractivity contribution in [3.63, 3.8) is 0 Å². The van der Waals surface area contributed by atoms with E-state index in [1.165, 1.54) is 28.4 Å². The summed E-state index contributed by atoms with van der Waals surface area (Å²) in [4.78, 5) is 0. The van der Waals surface area contributed by atoms with Crippen molar-refractivity contribution in [2.75, 3.05) is 28.4 Å². The minimum Gasteiger partial charge on any atom is -0.494 e. The summed E-state index contributed by atoms with van der Waals surface area (Å²) in [5.74, 6) is -3.10. The minimum absolute atomic E-state index is 0.131. The number of methoxy groups -OCH3 is 4. The normalized spacial score (nSPS) is 9.67. The Morgan fingerprint density at radius 3 is 0.750 bits per heavy atom. The van der Waals surface area contributed by atoms with Crippen molar-refractivity contribution in [2.45, 2.75) is 0 Å². The zero-order valence-corrected chi connectivity index (χ0v) is 13.5. The fraction of sp³-hybridized carbons (Fsp3) is 0.250. The molecule has 0 aliphatic heterocycles. The van der Waals surface area contributed by atoms with E-state index in [9.17, 15) is 17.6 Å². The van der Waals surface area contributed by atoms with Crippen LogP contribution in [0.3, 0.4) is 0 Å². The highest BCUT2D eigenvalue weighted by Crippen LogP contribution is 2.26. The molecule has 2 aromatic carbocycles. The van der Waals surface area contributed by atoms with Crippen LogP contribution < -0.4 is 18.9 Å². The molecule has 0 heterocycles. The van der Waals surface area contributed by atoms with Gasteiger partial charge >= 0.3 is 0 Å². The summed E-state index contributed by atoms with van der Waals surface area (Å²) in [7, 11) is 5.07. The molecule has 8 heteroatoms. The molecule has 0 unspecified atom stereocenters. The van der Waals surface area contributed by atoms with Gasteiger partial charge in [-0.3, -0.25) is 0 Å². The van der Waals surface area contributed by atoms with E-state index in [2.05, 4.69) is 18.9 Å². The van der Waals surface area contributed by atoms with E-state index in [4.69, 9.17) is 0 Å². The van der Waals surface area contributed by atoms with Gasteiger partial charge in [0.2, 0.25) is 0 Å². The maximum atomic E-state index is 12.8.